The van der Waals surface area contributed by atoms with Gasteiger partial charge in [-0.25, -0.2) is 4.79 Å². The van der Waals surface area contributed by atoms with Crippen LogP contribution < -0.4 is 0 Å². The molecule has 0 aromatic heterocycles. The highest BCUT2D eigenvalue weighted by Gasteiger charge is 2.36. The van der Waals surface area contributed by atoms with Crippen LogP contribution in [-0.4, -0.2) is 29.7 Å². The molecule has 0 spiro atoms. The van der Waals surface area contributed by atoms with Crippen molar-refractivity contribution >= 4 is 6.09 Å². The van der Waals surface area contributed by atoms with Crippen molar-refractivity contribution in [2.24, 2.45) is 5.92 Å². The maximum atomic E-state index is 13.3. The third-order valence-corrected chi connectivity index (χ3v) is 6.41. The van der Waals surface area contributed by atoms with Gasteiger partial charge in [-0.2, -0.15) is 0 Å². The van der Waals surface area contributed by atoms with Gasteiger partial charge in [0, 0.05) is 12.6 Å². The molecule has 3 rings (SSSR count). The number of unbranched alkanes of at least 4 members (excludes halogenated alkanes) is 1. The number of nitrogens with zero attached hydrogens (tertiary/aromatic N) is 1. The Bertz CT molecular complexity index is 836. The van der Waals surface area contributed by atoms with Crippen LogP contribution in [0.4, 0.5) is 4.79 Å². The fraction of sp³-hybridized carbons (Fsp3) is 0.483. The molecule has 0 unspecified atom stereocenters. The molecule has 4 heteroatoms. The molecule has 4 nitrogen and oxygen atoms in total. The first-order chi connectivity index (χ1) is 16.2. The van der Waals surface area contributed by atoms with E-state index in [4.69, 9.17) is 9.47 Å². The SMILES string of the molecule is CCC[C@@H]1C=C[C@H](CC)[C@H](CCCCOCc2ccccc2)N1C(=O)OCc1ccccc1. The molecule has 2 aromatic rings. The van der Waals surface area contributed by atoms with Crippen LogP contribution in [0.5, 0.6) is 0 Å². The smallest absolute Gasteiger partial charge is 0.410 e. The lowest BCUT2D eigenvalue weighted by atomic mass is 9.85. The number of amides is 1. The van der Waals surface area contributed by atoms with Crippen LogP contribution in [0, 0.1) is 5.92 Å². The maximum absolute atomic E-state index is 13.3. The van der Waals surface area contributed by atoms with Gasteiger partial charge in [-0.3, -0.25) is 4.90 Å². The summed E-state index contributed by atoms with van der Waals surface area (Å²) in [5.41, 5.74) is 2.22. The van der Waals surface area contributed by atoms with Crippen molar-refractivity contribution in [1.82, 2.24) is 4.90 Å². The minimum Gasteiger partial charge on any atom is -0.445 e. The first kappa shape index (κ1) is 25.0. The Balaban J connectivity index is 1.56. The van der Waals surface area contributed by atoms with Gasteiger partial charge in [-0.05, 0) is 49.1 Å². The minimum atomic E-state index is -0.189. The van der Waals surface area contributed by atoms with E-state index < -0.39 is 0 Å². The zero-order valence-corrected chi connectivity index (χ0v) is 20.2. The molecule has 2 aromatic carbocycles. The van der Waals surface area contributed by atoms with Gasteiger partial charge < -0.3 is 9.47 Å². The molecule has 178 valence electrons. The fourth-order valence-corrected chi connectivity index (χ4v) is 4.62. The molecule has 33 heavy (non-hydrogen) atoms. The molecule has 1 aliphatic rings. The van der Waals surface area contributed by atoms with Gasteiger partial charge in [-0.15, -0.1) is 0 Å². The van der Waals surface area contributed by atoms with Crippen LogP contribution in [0.2, 0.25) is 0 Å². The summed E-state index contributed by atoms with van der Waals surface area (Å²) in [4.78, 5) is 15.3. The highest BCUT2D eigenvalue weighted by Crippen LogP contribution is 2.31. The van der Waals surface area contributed by atoms with Gasteiger partial charge in [0.25, 0.3) is 0 Å². The summed E-state index contributed by atoms with van der Waals surface area (Å²) in [6.07, 6.45) is 10.4. The third-order valence-electron chi connectivity index (χ3n) is 6.41. The Hall–Kier alpha value is -2.59. The molecule has 1 amide bonds. The average molecular weight is 450 g/mol. The highest BCUT2D eigenvalue weighted by molar-refractivity contribution is 5.69. The minimum absolute atomic E-state index is 0.111. The molecule has 0 bridgehead atoms. The van der Waals surface area contributed by atoms with Gasteiger partial charge in [0.05, 0.1) is 12.6 Å². The normalized spacial score (nSPS) is 20.1. The van der Waals surface area contributed by atoms with Crippen LogP contribution in [0.1, 0.15) is 63.5 Å². The number of rotatable bonds is 12. The Labute approximate surface area is 199 Å². The number of ether oxygens (including phenoxy) is 2. The van der Waals surface area contributed by atoms with E-state index in [9.17, 15) is 4.79 Å². The standard InChI is InChI=1S/C29H39NO3/c1-3-13-27-20-19-26(4-2)28(18-11-12-21-32-22-24-14-7-5-8-15-24)30(27)29(31)33-23-25-16-9-6-10-17-25/h5-10,14-17,19-20,26-28H,3-4,11-13,18,21-23H2,1-2H3/t26-,27+,28-/m0/s1. The van der Waals surface area contributed by atoms with Gasteiger partial charge in [0.2, 0.25) is 0 Å². The van der Waals surface area contributed by atoms with Crippen LogP contribution >= 0.6 is 0 Å². The van der Waals surface area contributed by atoms with Crippen LogP contribution in [0.25, 0.3) is 0 Å². The second-order valence-electron chi connectivity index (χ2n) is 8.86. The van der Waals surface area contributed by atoms with Crippen molar-refractivity contribution in [2.75, 3.05) is 6.61 Å². The van der Waals surface area contributed by atoms with Crippen molar-refractivity contribution < 1.29 is 14.3 Å². The molecule has 0 N–H and O–H groups in total. The number of carbonyl (C=O) groups is 1. The second-order valence-corrected chi connectivity index (χ2v) is 8.86. The monoisotopic (exact) mass is 449 g/mol. The Morgan fingerprint density at radius 1 is 0.848 bits per heavy atom. The average Bonchev–Trinajstić information content (AvgIpc) is 2.86. The molecular weight excluding hydrogens is 410 g/mol. The van der Waals surface area contributed by atoms with Crippen LogP contribution in [-0.2, 0) is 22.7 Å². The quantitative estimate of drug-likeness (QED) is 0.255. The van der Waals surface area contributed by atoms with E-state index in [2.05, 4.69) is 38.1 Å². The highest BCUT2D eigenvalue weighted by atomic mass is 16.6. The molecule has 0 saturated carbocycles. The van der Waals surface area contributed by atoms with E-state index in [1.54, 1.807) is 0 Å². The lowest BCUT2D eigenvalue weighted by Gasteiger charge is -2.42. The molecule has 1 aliphatic heterocycles. The van der Waals surface area contributed by atoms with E-state index in [-0.39, 0.29) is 18.2 Å². The zero-order valence-electron chi connectivity index (χ0n) is 20.2. The van der Waals surface area contributed by atoms with E-state index in [0.717, 1.165) is 50.7 Å². The van der Waals surface area contributed by atoms with Gasteiger partial charge >= 0.3 is 6.09 Å². The van der Waals surface area contributed by atoms with Gasteiger partial charge in [0.1, 0.15) is 6.61 Å². The molecule has 0 radical (unpaired) electrons. The van der Waals surface area contributed by atoms with E-state index >= 15 is 0 Å². The Morgan fingerprint density at radius 3 is 2.15 bits per heavy atom. The number of carbonyl (C=O) groups excluding carboxylic acids is 1. The molecular formula is C29H39NO3. The summed E-state index contributed by atoms with van der Waals surface area (Å²) in [6, 6.07) is 20.5. The molecule has 0 saturated heterocycles. The number of hydrogen-bond donors (Lipinski definition) is 0. The lowest BCUT2D eigenvalue weighted by molar-refractivity contribution is 0.0476. The first-order valence-electron chi connectivity index (χ1n) is 12.5. The summed E-state index contributed by atoms with van der Waals surface area (Å²) in [7, 11) is 0. The summed E-state index contributed by atoms with van der Waals surface area (Å²) < 4.78 is 11.7. The fourth-order valence-electron chi connectivity index (χ4n) is 4.62. The van der Waals surface area contributed by atoms with Crippen LogP contribution in [0.15, 0.2) is 72.8 Å². The number of benzene rings is 2. The predicted octanol–water partition coefficient (Wildman–Crippen LogP) is 7.15. The van der Waals surface area contributed by atoms with Crippen molar-refractivity contribution in [3.8, 4) is 0 Å². The number of hydrogen-bond acceptors (Lipinski definition) is 3. The largest absolute Gasteiger partial charge is 0.445 e. The molecule has 3 atom stereocenters. The van der Waals surface area contributed by atoms with Crippen LogP contribution in [0.3, 0.4) is 0 Å². The summed E-state index contributed by atoms with van der Waals surface area (Å²) >= 11 is 0. The van der Waals surface area contributed by atoms with Crippen molar-refractivity contribution in [3.05, 3.63) is 83.9 Å². The predicted molar refractivity (Wildman–Crippen MR) is 134 cm³/mol. The topological polar surface area (TPSA) is 38.8 Å². The van der Waals surface area contributed by atoms with E-state index in [0.29, 0.717) is 19.1 Å². The van der Waals surface area contributed by atoms with Crippen molar-refractivity contribution in [3.63, 3.8) is 0 Å². The van der Waals surface area contributed by atoms with Gasteiger partial charge in [-0.1, -0.05) is 93.1 Å². The summed E-state index contributed by atoms with van der Waals surface area (Å²) in [5.74, 6) is 0.368. The Kier molecular flexibility index (Phi) is 10.5. The molecule has 1 heterocycles. The summed E-state index contributed by atoms with van der Waals surface area (Å²) in [6.45, 7) is 6.09. The molecule has 0 fully saturated rings. The second kappa shape index (κ2) is 13.8. The van der Waals surface area contributed by atoms with Crippen molar-refractivity contribution in [1.29, 1.82) is 0 Å². The van der Waals surface area contributed by atoms with Crippen molar-refractivity contribution in [2.45, 2.75) is 77.7 Å². The van der Waals surface area contributed by atoms with E-state index in [1.165, 1.54) is 5.56 Å². The van der Waals surface area contributed by atoms with E-state index in [1.807, 2.05) is 53.4 Å². The lowest BCUT2D eigenvalue weighted by Crippen LogP contribution is -2.51. The first-order valence-corrected chi connectivity index (χ1v) is 12.5. The zero-order chi connectivity index (χ0) is 23.3. The maximum Gasteiger partial charge on any atom is 0.410 e. The summed E-state index contributed by atoms with van der Waals surface area (Å²) in [5, 5.41) is 0. The molecule has 0 aliphatic carbocycles. The third kappa shape index (κ3) is 7.75. The Morgan fingerprint density at radius 2 is 1.52 bits per heavy atom. The van der Waals surface area contributed by atoms with Gasteiger partial charge in [0.15, 0.2) is 0 Å².